The van der Waals surface area contributed by atoms with E-state index >= 15 is 0 Å². The number of nitrogens with zero attached hydrogens (tertiary/aromatic N) is 2. The van der Waals surface area contributed by atoms with Gasteiger partial charge in [-0.25, -0.2) is 14.8 Å². The van der Waals surface area contributed by atoms with Crippen LogP contribution in [0.5, 0.6) is 11.5 Å². The molecule has 1 aromatic heterocycles. The lowest BCUT2D eigenvalue weighted by Crippen LogP contribution is -2.30. The van der Waals surface area contributed by atoms with Gasteiger partial charge in [-0.3, -0.25) is 4.79 Å². The Morgan fingerprint density at radius 3 is 2.62 bits per heavy atom. The van der Waals surface area contributed by atoms with Crippen LogP contribution in [0, 0.1) is 0 Å². The number of allylic oxidation sites excluding steroid dienone is 1. The van der Waals surface area contributed by atoms with E-state index in [0.717, 1.165) is 30.4 Å². The number of hydrogen-bond donors (Lipinski definition) is 0. The van der Waals surface area contributed by atoms with Gasteiger partial charge in [0.25, 0.3) is 0 Å². The number of ether oxygens (including phenoxy) is 4. The number of para-hydroxylation sites is 1. The number of methoxy groups -OCH3 is 1. The summed E-state index contributed by atoms with van der Waals surface area (Å²) in [5, 5.41) is 0. The third-order valence-electron chi connectivity index (χ3n) is 5.82. The largest absolute Gasteiger partial charge is 0.496 e. The summed E-state index contributed by atoms with van der Waals surface area (Å²) in [6, 6.07) is 15.1. The number of benzene rings is 2. The van der Waals surface area contributed by atoms with Crippen LogP contribution in [-0.2, 0) is 32.1 Å². The standard InChI is InChI=1S/C31H36N2O6/c1-5-7-8-9-12-23-15-16-27(24(19-23)20-29(39-22(3)34)31(35)37-6-2)38-21-25-17-18-32-30(33-25)26-13-10-11-14-28(26)36-4/h9-19,29H,5-8,20-21H2,1-4H3/b12-9+. The van der Waals surface area contributed by atoms with Crippen LogP contribution in [0.15, 0.2) is 60.8 Å². The van der Waals surface area contributed by atoms with Crippen LogP contribution < -0.4 is 9.47 Å². The molecule has 0 saturated heterocycles. The Morgan fingerprint density at radius 2 is 1.87 bits per heavy atom. The molecule has 0 amide bonds. The van der Waals surface area contributed by atoms with Gasteiger partial charge in [-0.2, -0.15) is 0 Å². The van der Waals surface area contributed by atoms with Gasteiger partial charge in [0, 0.05) is 19.5 Å². The van der Waals surface area contributed by atoms with Crippen molar-refractivity contribution in [1.82, 2.24) is 9.97 Å². The summed E-state index contributed by atoms with van der Waals surface area (Å²) in [6.07, 6.45) is 8.07. The molecule has 0 fully saturated rings. The highest BCUT2D eigenvalue weighted by Gasteiger charge is 2.25. The summed E-state index contributed by atoms with van der Waals surface area (Å²) >= 11 is 0. The highest BCUT2D eigenvalue weighted by Crippen LogP contribution is 2.28. The van der Waals surface area contributed by atoms with Gasteiger partial charge in [0.05, 0.1) is 25.0 Å². The van der Waals surface area contributed by atoms with Crippen LogP contribution >= 0.6 is 0 Å². The van der Waals surface area contributed by atoms with E-state index in [1.165, 1.54) is 6.92 Å². The van der Waals surface area contributed by atoms with Crippen molar-refractivity contribution in [2.75, 3.05) is 13.7 Å². The van der Waals surface area contributed by atoms with Crippen molar-refractivity contribution in [3.63, 3.8) is 0 Å². The predicted octanol–water partition coefficient (Wildman–Crippen LogP) is 5.97. The highest BCUT2D eigenvalue weighted by molar-refractivity contribution is 5.79. The van der Waals surface area contributed by atoms with E-state index in [9.17, 15) is 9.59 Å². The number of unbranched alkanes of at least 4 members (excludes halogenated alkanes) is 2. The molecule has 2 aromatic carbocycles. The summed E-state index contributed by atoms with van der Waals surface area (Å²) in [7, 11) is 1.61. The van der Waals surface area contributed by atoms with E-state index in [1.54, 1.807) is 26.3 Å². The maximum atomic E-state index is 12.5. The Kier molecular flexibility index (Phi) is 11.5. The number of carbonyl (C=O) groups is 2. The molecule has 0 N–H and O–H groups in total. The molecule has 0 aliphatic rings. The molecule has 1 atom stereocenters. The molecular weight excluding hydrogens is 496 g/mol. The highest BCUT2D eigenvalue weighted by atomic mass is 16.6. The molecule has 8 heteroatoms. The topological polar surface area (TPSA) is 96.8 Å². The van der Waals surface area contributed by atoms with E-state index in [2.05, 4.69) is 23.0 Å². The minimum absolute atomic E-state index is 0.112. The fraction of sp³-hybridized carbons (Fsp3) is 0.355. The Balaban J connectivity index is 1.87. The Hall–Kier alpha value is -4.20. The van der Waals surface area contributed by atoms with Crippen molar-refractivity contribution in [3.8, 4) is 22.9 Å². The third kappa shape index (κ3) is 8.95. The van der Waals surface area contributed by atoms with Crippen LogP contribution in [0.2, 0.25) is 0 Å². The van der Waals surface area contributed by atoms with Gasteiger partial charge in [-0.1, -0.05) is 50.1 Å². The molecule has 0 radical (unpaired) electrons. The third-order valence-corrected chi connectivity index (χ3v) is 5.82. The zero-order valence-electron chi connectivity index (χ0n) is 23.0. The molecule has 206 valence electrons. The van der Waals surface area contributed by atoms with E-state index in [4.69, 9.17) is 18.9 Å². The van der Waals surface area contributed by atoms with Crippen LogP contribution in [0.4, 0.5) is 0 Å². The van der Waals surface area contributed by atoms with Crippen LogP contribution in [0.3, 0.4) is 0 Å². The maximum Gasteiger partial charge on any atom is 0.347 e. The Bertz CT molecular complexity index is 1270. The lowest BCUT2D eigenvalue weighted by atomic mass is 10.0. The van der Waals surface area contributed by atoms with Gasteiger partial charge >= 0.3 is 11.9 Å². The van der Waals surface area contributed by atoms with Gasteiger partial charge in [0.15, 0.2) is 5.82 Å². The minimum atomic E-state index is -1.08. The molecule has 0 spiro atoms. The fourth-order valence-electron chi connectivity index (χ4n) is 3.94. The second-order valence-corrected chi connectivity index (χ2v) is 8.83. The second-order valence-electron chi connectivity index (χ2n) is 8.83. The molecule has 0 saturated carbocycles. The Morgan fingerprint density at radius 1 is 1.05 bits per heavy atom. The van der Waals surface area contributed by atoms with Gasteiger partial charge in [0.1, 0.15) is 18.1 Å². The molecule has 39 heavy (non-hydrogen) atoms. The van der Waals surface area contributed by atoms with E-state index in [1.807, 2.05) is 48.5 Å². The van der Waals surface area contributed by atoms with Crippen molar-refractivity contribution in [3.05, 3.63) is 77.6 Å². The van der Waals surface area contributed by atoms with E-state index in [-0.39, 0.29) is 19.6 Å². The summed E-state index contributed by atoms with van der Waals surface area (Å²) in [5.74, 6) is 0.602. The average Bonchev–Trinajstić information content (AvgIpc) is 2.94. The van der Waals surface area contributed by atoms with E-state index < -0.39 is 18.0 Å². The van der Waals surface area contributed by atoms with Gasteiger partial charge in [0.2, 0.25) is 6.10 Å². The number of esters is 2. The van der Waals surface area contributed by atoms with Crippen molar-refractivity contribution in [2.24, 2.45) is 0 Å². The zero-order chi connectivity index (χ0) is 28.0. The summed E-state index contributed by atoms with van der Waals surface area (Å²) in [6.45, 7) is 5.48. The molecule has 1 heterocycles. The lowest BCUT2D eigenvalue weighted by molar-refractivity contribution is -0.166. The molecule has 0 bridgehead atoms. The number of carbonyl (C=O) groups excluding carboxylic acids is 2. The first-order valence-corrected chi connectivity index (χ1v) is 13.2. The van der Waals surface area contributed by atoms with Gasteiger partial charge < -0.3 is 18.9 Å². The quantitative estimate of drug-likeness (QED) is 0.185. The lowest BCUT2D eigenvalue weighted by Gasteiger charge is -2.18. The average molecular weight is 533 g/mol. The van der Waals surface area contributed by atoms with Crippen molar-refractivity contribution >= 4 is 18.0 Å². The molecular formula is C31H36N2O6. The first kappa shape index (κ1) is 29.4. The number of aromatic nitrogens is 2. The van der Waals surface area contributed by atoms with Gasteiger partial charge in [-0.05, 0) is 54.8 Å². The zero-order valence-corrected chi connectivity index (χ0v) is 23.0. The summed E-state index contributed by atoms with van der Waals surface area (Å²) in [5.41, 5.74) is 3.12. The van der Waals surface area contributed by atoms with Crippen LogP contribution in [-0.4, -0.2) is 41.7 Å². The van der Waals surface area contributed by atoms with E-state index in [0.29, 0.717) is 28.6 Å². The molecule has 3 aromatic rings. The smallest absolute Gasteiger partial charge is 0.347 e. The van der Waals surface area contributed by atoms with Crippen molar-refractivity contribution in [2.45, 2.75) is 59.2 Å². The molecule has 0 aliphatic heterocycles. The number of hydrogen-bond acceptors (Lipinski definition) is 8. The monoisotopic (exact) mass is 532 g/mol. The first-order valence-electron chi connectivity index (χ1n) is 13.2. The van der Waals surface area contributed by atoms with Crippen molar-refractivity contribution < 1.29 is 28.5 Å². The molecule has 3 rings (SSSR count). The van der Waals surface area contributed by atoms with Crippen molar-refractivity contribution in [1.29, 1.82) is 0 Å². The van der Waals surface area contributed by atoms with Crippen LogP contribution in [0.25, 0.3) is 17.5 Å². The molecule has 1 unspecified atom stereocenters. The molecule has 0 aliphatic carbocycles. The predicted molar refractivity (Wildman–Crippen MR) is 149 cm³/mol. The SMILES string of the molecule is CCCC/C=C/c1ccc(OCc2ccnc(-c3ccccc3OC)n2)c(CC(OC(C)=O)C(=O)OCC)c1. The fourth-order valence-corrected chi connectivity index (χ4v) is 3.94. The summed E-state index contributed by atoms with van der Waals surface area (Å²) < 4.78 is 22.1. The normalized spacial score (nSPS) is 11.7. The minimum Gasteiger partial charge on any atom is -0.496 e. The maximum absolute atomic E-state index is 12.5. The van der Waals surface area contributed by atoms with Gasteiger partial charge in [-0.15, -0.1) is 0 Å². The molecule has 8 nitrogen and oxygen atoms in total. The summed E-state index contributed by atoms with van der Waals surface area (Å²) in [4.78, 5) is 33.3. The second kappa shape index (κ2) is 15.3. The number of rotatable bonds is 14. The first-order chi connectivity index (χ1) is 18.9. The Labute approximate surface area is 230 Å². The van der Waals surface area contributed by atoms with Crippen LogP contribution in [0.1, 0.15) is 56.9 Å².